The molecule has 0 aliphatic rings. The molecule has 0 aromatic heterocycles. The van der Waals surface area contributed by atoms with Crippen LogP contribution in [0.25, 0.3) is 0 Å². The van der Waals surface area contributed by atoms with Crippen LogP contribution in [0.2, 0.25) is 0 Å². The minimum atomic E-state index is 0.0326. The third-order valence-electron chi connectivity index (χ3n) is 2.43. The average molecular weight is 239 g/mol. The molecular formula is C13H21NO3. The van der Waals surface area contributed by atoms with Gasteiger partial charge in [-0.15, -0.1) is 0 Å². The molecule has 0 spiro atoms. The Hall–Kier alpha value is -1.10. The first-order chi connectivity index (χ1) is 8.29. The summed E-state index contributed by atoms with van der Waals surface area (Å²) < 4.78 is 10.5. The van der Waals surface area contributed by atoms with Crippen LogP contribution in [-0.2, 0) is 11.3 Å². The lowest BCUT2D eigenvalue weighted by atomic mass is 10.1. The van der Waals surface area contributed by atoms with Crippen molar-refractivity contribution >= 4 is 0 Å². The van der Waals surface area contributed by atoms with Crippen LogP contribution >= 0.6 is 0 Å². The third-order valence-corrected chi connectivity index (χ3v) is 2.43. The molecule has 2 N–H and O–H groups in total. The number of benzene rings is 1. The molecule has 96 valence electrons. The summed E-state index contributed by atoms with van der Waals surface area (Å²) in [6, 6.07) is 6.04. The van der Waals surface area contributed by atoms with E-state index in [1.54, 1.807) is 7.11 Å². The van der Waals surface area contributed by atoms with E-state index in [0.717, 1.165) is 30.0 Å². The fourth-order valence-electron chi connectivity index (χ4n) is 1.60. The first kappa shape index (κ1) is 14.0. The van der Waals surface area contributed by atoms with Gasteiger partial charge in [-0.3, -0.25) is 0 Å². The number of rotatable bonds is 8. The smallest absolute Gasteiger partial charge is 0.126 e. The molecule has 1 aromatic carbocycles. The molecule has 0 heterocycles. The van der Waals surface area contributed by atoms with E-state index in [9.17, 15) is 0 Å². The van der Waals surface area contributed by atoms with Gasteiger partial charge in [-0.25, -0.2) is 0 Å². The molecule has 1 aromatic rings. The van der Waals surface area contributed by atoms with E-state index in [1.165, 1.54) is 0 Å². The Bertz CT molecular complexity index is 328. The van der Waals surface area contributed by atoms with Gasteiger partial charge in [0.15, 0.2) is 0 Å². The third kappa shape index (κ3) is 4.73. The molecule has 0 aliphatic carbocycles. The Morgan fingerprint density at radius 3 is 2.82 bits per heavy atom. The van der Waals surface area contributed by atoms with Crippen LogP contribution < -0.4 is 10.1 Å². The second-order valence-electron chi connectivity index (χ2n) is 3.80. The molecule has 17 heavy (non-hydrogen) atoms. The van der Waals surface area contributed by atoms with E-state index < -0.39 is 0 Å². The Labute approximate surface area is 103 Å². The maximum Gasteiger partial charge on any atom is 0.126 e. The first-order valence-corrected chi connectivity index (χ1v) is 5.81. The van der Waals surface area contributed by atoms with Crippen molar-refractivity contribution in [2.75, 3.05) is 33.5 Å². The van der Waals surface area contributed by atoms with Crippen molar-refractivity contribution in [1.82, 2.24) is 5.32 Å². The zero-order chi connectivity index (χ0) is 12.5. The van der Waals surface area contributed by atoms with Crippen LogP contribution in [0.1, 0.15) is 11.1 Å². The highest BCUT2D eigenvalue weighted by molar-refractivity contribution is 5.40. The average Bonchev–Trinajstić information content (AvgIpc) is 2.34. The van der Waals surface area contributed by atoms with Crippen molar-refractivity contribution < 1.29 is 14.6 Å². The number of aliphatic hydroxyl groups is 1. The van der Waals surface area contributed by atoms with E-state index in [1.807, 2.05) is 25.1 Å². The van der Waals surface area contributed by atoms with E-state index in [0.29, 0.717) is 13.2 Å². The molecule has 0 saturated heterocycles. The summed E-state index contributed by atoms with van der Waals surface area (Å²) in [5.74, 6) is 0.867. The van der Waals surface area contributed by atoms with Crippen LogP contribution in [-0.4, -0.2) is 38.6 Å². The van der Waals surface area contributed by atoms with E-state index in [2.05, 4.69) is 5.32 Å². The van der Waals surface area contributed by atoms with Crippen molar-refractivity contribution in [3.63, 3.8) is 0 Å². The zero-order valence-electron chi connectivity index (χ0n) is 10.5. The van der Waals surface area contributed by atoms with Crippen molar-refractivity contribution in [2.24, 2.45) is 0 Å². The van der Waals surface area contributed by atoms with Crippen LogP contribution in [0.3, 0.4) is 0 Å². The maximum atomic E-state index is 8.80. The van der Waals surface area contributed by atoms with Crippen LogP contribution in [0.5, 0.6) is 5.75 Å². The summed E-state index contributed by atoms with van der Waals surface area (Å²) in [5.41, 5.74) is 2.19. The predicted octanol–water partition coefficient (Wildman–Crippen LogP) is 1.10. The standard InChI is InChI=1S/C13H21NO3/c1-11-4-3-5-12(10-14-6-8-16-2)13(11)17-9-7-15/h3-5,14-15H,6-10H2,1-2H3. The molecule has 0 aliphatic heterocycles. The van der Waals surface area contributed by atoms with Gasteiger partial charge in [0.2, 0.25) is 0 Å². The van der Waals surface area contributed by atoms with Gasteiger partial charge in [-0.1, -0.05) is 18.2 Å². The quantitative estimate of drug-likeness (QED) is 0.667. The molecule has 1 rings (SSSR count). The fourth-order valence-corrected chi connectivity index (χ4v) is 1.60. The minimum absolute atomic E-state index is 0.0326. The summed E-state index contributed by atoms with van der Waals surface area (Å²) in [5, 5.41) is 12.1. The van der Waals surface area contributed by atoms with Crippen molar-refractivity contribution in [3.05, 3.63) is 29.3 Å². The van der Waals surface area contributed by atoms with E-state index >= 15 is 0 Å². The molecule has 0 atom stereocenters. The van der Waals surface area contributed by atoms with Gasteiger partial charge >= 0.3 is 0 Å². The van der Waals surface area contributed by atoms with E-state index in [4.69, 9.17) is 14.6 Å². The van der Waals surface area contributed by atoms with Gasteiger partial charge in [0, 0.05) is 25.8 Å². The summed E-state index contributed by atoms with van der Waals surface area (Å²) in [6.45, 7) is 4.61. The van der Waals surface area contributed by atoms with Crippen molar-refractivity contribution in [2.45, 2.75) is 13.5 Å². The van der Waals surface area contributed by atoms with Gasteiger partial charge in [-0.05, 0) is 12.5 Å². The molecule has 0 radical (unpaired) electrons. The number of hydrogen-bond donors (Lipinski definition) is 2. The highest BCUT2D eigenvalue weighted by Crippen LogP contribution is 2.23. The fraction of sp³-hybridized carbons (Fsp3) is 0.538. The molecule has 0 unspecified atom stereocenters. The topological polar surface area (TPSA) is 50.7 Å². The molecule has 0 saturated carbocycles. The molecule has 0 amide bonds. The number of aliphatic hydroxyl groups excluding tert-OH is 1. The highest BCUT2D eigenvalue weighted by atomic mass is 16.5. The number of aryl methyl sites for hydroxylation is 1. The molecular weight excluding hydrogens is 218 g/mol. The van der Waals surface area contributed by atoms with Crippen LogP contribution in [0.15, 0.2) is 18.2 Å². The molecule has 0 fully saturated rings. The lowest BCUT2D eigenvalue weighted by Gasteiger charge is -2.14. The van der Waals surface area contributed by atoms with Gasteiger partial charge in [0.25, 0.3) is 0 Å². The number of ether oxygens (including phenoxy) is 2. The molecule has 0 bridgehead atoms. The number of para-hydroxylation sites is 1. The summed E-state index contributed by atoms with van der Waals surface area (Å²) in [6.07, 6.45) is 0. The monoisotopic (exact) mass is 239 g/mol. The van der Waals surface area contributed by atoms with Gasteiger partial charge < -0.3 is 19.9 Å². The summed E-state index contributed by atoms with van der Waals surface area (Å²) in [7, 11) is 1.68. The Morgan fingerprint density at radius 1 is 1.29 bits per heavy atom. The normalized spacial score (nSPS) is 10.5. The lowest BCUT2D eigenvalue weighted by Crippen LogP contribution is -2.19. The lowest BCUT2D eigenvalue weighted by molar-refractivity contribution is 0.196. The predicted molar refractivity (Wildman–Crippen MR) is 67.3 cm³/mol. The number of methoxy groups -OCH3 is 1. The highest BCUT2D eigenvalue weighted by Gasteiger charge is 2.06. The Morgan fingerprint density at radius 2 is 2.12 bits per heavy atom. The maximum absolute atomic E-state index is 8.80. The second kappa shape index (κ2) is 8.06. The Kier molecular flexibility index (Phi) is 6.62. The van der Waals surface area contributed by atoms with Gasteiger partial charge in [0.05, 0.1) is 13.2 Å². The van der Waals surface area contributed by atoms with Crippen LogP contribution in [0, 0.1) is 6.92 Å². The summed E-state index contributed by atoms with van der Waals surface area (Å²) >= 11 is 0. The van der Waals surface area contributed by atoms with Crippen molar-refractivity contribution in [3.8, 4) is 5.75 Å². The van der Waals surface area contributed by atoms with E-state index in [-0.39, 0.29) is 6.61 Å². The summed E-state index contributed by atoms with van der Waals surface area (Å²) in [4.78, 5) is 0. The first-order valence-electron chi connectivity index (χ1n) is 5.81. The molecule has 4 heteroatoms. The zero-order valence-corrected chi connectivity index (χ0v) is 10.5. The second-order valence-corrected chi connectivity index (χ2v) is 3.80. The molecule has 4 nitrogen and oxygen atoms in total. The van der Waals surface area contributed by atoms with Crippen molar-refractivity contribution in [1.29, 1.82) is 0 Å². The van der Waals surface area contributed by atoms with Gasteiger partial charge in [-0.2, -0.15) is 0 Å². The van der Waals surface area contributed by atoms with Crippen LogP contribution in [0.4, 0.5) is 0 Å². The minimum Gasteiger partial charge on any atom is -0.491 e. The van der Waals surface area contributed by atoms with Gasteiger partial charge in [0.1, 0.15) is 12.4 Å². The SMILES string of the molecule is COCCNCc1cccc(C)c1OCCO. The number of hydrogen-bond acceptors (Lipinski definition) is 4. The Balaban J connectivity index is 2.59. The number of nitrogens with one attached hydrogen (secondary N) is 1. The largest absolute Gasteiger partial charge is 0.491 e.